The Balaban J connectivity index is 2.04. The SMILES string of the molecule is CC(C)c1cccc(OC2CCCCC2N)c1. The molecule has 2 N–H and O–H groups in total. The first-order chi connectivity index (χ1) is 8.16. The molecule has 0 heterocycles. The molecule has 0 aromatic heterocycles. The number of ether oxygens (including phenoxy) is 1. The molecule has 0 bridgehead atoms. The van der Waals surface area contributed by atoms with Gasteiger partial charge in [0, 0.05) is 6.04 Å². The highest BCUT2D eigenvalue weighted by Gasteiger charge is 2.23. The first-order valence-corrected chi connectivity index (χ1v) is 6.69. The normalized spacial score (nSPS) is 24.9. The lowest BCUT2D eigenvalue weighted by Gasteiger charge is -2.29. The molecule has 1 aromatic rings. The van der Waals surface area contributed by atoms with Crippen LogP contribution in [0.25, 0.3) is 0 Å². The molecule has 2 atom stereocenters. The number of hydrogen-bond acceptors (Lipinski definition) is 2. The summed E-state index contributed by atoms with van der Waals surface area (Å²) in [6.45, 7) is 4.40. The van der Waals surface area contributed by atoms with Gasteiger partial charge < -0.3 is 10.5 Å². The maximum absolute atomic E-state index is 6.10. The molecule has 1 saturated carbocycles. The van der Waals surface area contributed by atoms with Crippen molar-refractivity contribution in [2.45, 2.75) is 57.6 Å². The maximum Gasteiger partial charge on any atom is 0.120 e. The van der Waals surface area contributed by atoms with Crippen molar-refractivity contribution >= 4 is 0 Å². The van der Waals surface area contributed by atoms with Crippen molar-refractivity contribution in [2.75, 3.05) is 0 Å². The minimum absolute atomic E-state index is 0.200. The smallest absolute Gasteiger partial charge is 0.120 e. The third-order valence-electron chi connectivity index (χ3n) is 3.57. The fraction of sp³-hybridized carbons (Fsp3) is 0.600. The molecule has 0 spiro atoms. The molecular formula is C15H23NO. The average Bonchev–Trinajstić information content (AvgIpc) is 2.32. The Morgan fingerprint density at radius 2 is 2.00 bits per heavy atom. The van der Waals surface area contributed by atoms with Crippen molar-refractivity contribution in [1.82, 2.24) is 0 Å². The highest BCUT2D eigenvalue weighted by Crippen LogP contribution is 2.25. The van der Waals surface area contributed by atoms with Crippen molar-refractivity contribution in [3.63, 3.8) is 0 Å². The van der Waals surface area contributed by atoms with Crippen molar-refractivity contribution in [1.29, 1.82) is 0 Å². The second-order valence-corrected chi connectivity index (χ2v) is 5.33. The Bertz CT molecular complexity index is 362. The van der Waals surface area contributed by atoms with Crippen LogP contribution in [0.15, 0.2) is 24.3 Å². The summed E-state index contributed by atoms with van der Waals surface area (Å²) in [6, 6.07) is 8.60. The molecule has 2 rings (SSSR count). The Kier molecular flexibility index (Phi) is 4.06. The van der Waals surface area contributed by atoms with Gasteiger partial charge in [0.25, 0.3) is 0 Å². The number of nitrogens with two attached hydrogens (primary N) is 1. The van der Waals surface area contributed by atoms with Crippen LogP contribution in [0.5, 0.6) is 5.75 Å². The van der Waals surface area contributed by atoms with Crippen LogP contribution in [0.3, 0.4) is 0 Å². The summed E-state index contributed by atoms with van der Waals surface area (Å²) in [5.74, 6) is 1.51. The molecule has 1 aliphatic rings. The minimum Gasteiger partial charge on any atom is -0.489 e. The monoisotopic (exact) mass is 233 g/mol. The van der Waals surface area contributed by atoms with Gasteiger partial charge in [0.1, 0.15) is 11.9 Å². The van der Waals surface area contributed by atoms with E-state index in [-0.39, 0.29) is 12.1 Å². The van der Waals surface area contributed by atoms with E-state index in [0.717, 1.165) is 18.6 Å². The summed E-state index contributed by atoms with van der Waals surface area (Å²) in [5, 5.41) is 0. The van der Waals surface area contributed by atoms with Gasteiger partial charge in [-0.3, -0.25) is 0 Å². The summed E-state index contributed by atoms with van der Waals surface area (Å²) in [7, 11) is 0. The zero-order valence-corrected chi connectivity index (χ0v) is 10.9. The largest absolute Gasteiger partial charge is 0.489 e. The maximum atomic E-state index is 6.10. The lowest BCUT2D eigenvalue weighted by atomic mass is 9.93. The van der Waals surface area contributed by atoms with E-state index in [1.54, 1.807) is 0 Å². The summed E-state index contributed by atoms with van der Waals surface area (Å²) < 4.78 is 6.03. The zero-order valence-electron chi connectivity index (χ0n) is 10.9. The second kappa shape index (κ2) is 5.54. The molecule has 0 radical (unpaired) electrons. The zero-order chi connectivity index (χ0) is 12.3. The Labute approximate surface area is 104 Å². The fourth-order valence-electron chi connectivity index (χ4n) is 2.39. The molecule has 0 amide bonds. The predicted molar refractivity (Wildman–Crippen MR) is 71.4 cm³/mol. The minimum atomic E-state index is 0.200. The van der Waals surface area contributed by atoms with Crippen LogP contribution < -0.4 is 10.5 Å². The molecule has 2 unspecified atom stereocenters. The van der Waals surface area contributed by atoms with E-state index in [9.17, 15) is 0 Å². The number of rotatable bonds is 3. The van der Waals surface area contributed by atoms with E-state index in [2.05, 4.69) is 32.0 Å². The van der Waals surface area contributed by atoms with Gasteiger partial charge >= 0.3 is 0 Å². The van der Waals surface area contributed by atoms with Gasteiger partial charge in [-0.2, -0.15) is 0 Å². The third kappa shape index (κ3) is 3.22. The van der Waals surface area contributed by atoms with Crippen molar-refractivity contribution in [3.8, 4) is 5.75 Å². The van der Waals surface area contributed by atoms with E-state index in [1.807, 2.05) is 6.07 Å². The molecule has 2 heteroatoms. The fourth-order valence-corrected chi connectivity index (χ4v) is 2.39. The Morgan fingerprint density at radius 3 is 2.71 bits per heavy atom. The van der Waals surface area contributed by atoms with Crippen LogP contribution in [0.4, 0.5) is 0 Å². The standard InChI is InChI=1S/C15H23NO/c1-11(2)12-6-5-7-13(10-12)17-15-9-4-3-8-14(15)16/h5-7,10-11,14-15H,3-4,8-9,16H2,1-2H3. The first-order valence-electron chi connectivity index (χ1n) is 6.69. The molecule has 1 fully saturated rings. The molecule has 2 nitrogen and oxygen atoms in total. The van der Waals surface area contributed by atoms with E-state index >= 15 is 0 Å². The Morgan fingerprint density at radius 1 is 1.24 bits per heavy atom. The van der Waals surface area contributed by atoms with E-state index in [4.69, 9.17) is 10.5 Å². The topological polar surface area (TPSA) is 35.2 Å². The molecule has 0 saturated heterocycles. The highest BCUT2D eigenvalue weighted by atomic mass is 16.5. The van der Waals surface area contributed by atoms with E-state index in [1.165, 1.54) is 18.4 Å². The predicted octanol–water partition coefficient (Wildman–Crippen LogP) is 3.46. The quantitative estimate of drug-likeness (QED) is 0.867. The van der Waals surface area contributed by atoms with Crippen LogP contribution in [-0.2, 0) is 0 Å². The second-order valence-electron chi connectivity index (χ2n) is 5.33. The van der Waals surface area contributed by atoms with Gasteiger partial charge in [0.05, 0.1) is 0 Å². The number of hydrogen-bond donors (Lipinski definition) is 1. The first kappa shape index (κ1) is 12.4. The van der Waals surface area contributed by atoms with Crippen LogP contribution in [-0.4, -0.2) is 12.1 Å². The molecule has 0 aliphatic heterocycles. The summed E-state index contributed by atoms with van der Waals surface area (Å²) in [4.78, 5) is 0. The lowest BCUT2D eigenvalue weighted by molar-refractivity contribution is 0.132. The van der Waals surface area contributed by atoms with Crippen LogP contribution >= 0.6 is 0 Å². The van der Waals surface area contributed by atoms with Crippen LogP contribution in [0.2, 0.25) is 0 Å². The van der Waals surface area contributed by atoms with Gasteiger partial charge in [-0.15, -0.1) is 0 Å². The Hall–Kier alpha value is -1.02. The van der Waals surface area contributed by atoms with E-state index in [0.29, 0.717) is 5.92 Å². The summed E-state index contributed by atoms with van der Waals surface area (Å²) in [6.07, 6.45) is 4.86. The van der Waals surface area contributed by atoms with Crippen molar-refractivity contribution in [3.05, 3.63) is 29.8 Å². The van der Waals surface area contributed by atoms with Gasteiger partial charge in [-0.25, -0.2) is 0 Å². The molecule has 1 aliphatic carbocycles. The van der Waals surface area contributed by atoms with Gasteiger partial charge in [0.2, 0.25) is 0 Å². The van der Waals surface area contributed by atoms with E-state index < -0.39 is 0 Å². The summed E-state index contributed by atoms with van der Waals surface area (Å²) in [5.41, 5.74) is 7.43. The van der Waals surface area contributed by atoms with Crippen LogP contribution in [0.1, 0.15) is 51.0 Å². The molecule has 94 valence electrons. The molecular weight excluding hydrogens is 210 g/mol. The van der Waals surface area contributed by atoms with Gasteiger partial charge in [-0.1, -0.05) is 32.4 Å². The number of benzene rings is 1. The van der Waals surface area contributed by atoms with Crippen molar-refractivity contribution < 1.29 is 4.74 Å². The van der Waals surface area contributed by atoms with Crippen molar-refractivity contribution in [2.24, 2.45) is 5.73 Å². The highest BCUT2D eigenvalue weighted by molar-refractivity contribution is 5.30. The average molecular weight is 233 g/mol. The molecule has 1 aromatic carbocycles. The summed E-state index contributed by atoms with van der Waals surface area (Å²) >= 11 is 0. The third-order valence-corrected chi connectivity index (χ3v) is 3.57. The van der Waals surface area contributed by atoms with Crippen LogP contribution in [0, 0.1) is 0 Å². The van der Waals surface area contributed by atoms with Gasteiger partial charge in [0.15, 0.2) is 0 Å². The lowest BCUT2D eigenvalue weighted by Crippen LogP contribution is -2.41. The molecule has 17 heavy (non-hydrogen) atoms. The van der Waals surface area contributed by atoms with Gasteiger partial charge in [-0.05, 0) is 42.9 Å².